The van der Waals surface area contributed by atoms with Crippen LogP contribution in [0.1, 0.15) is 81.9 Å². The second kappa shape index (κ2) is 49.4. The zero-order valence-corrected chi connectivity index (χ0v) is 52.8. The van der Waals surface area contributed by atoms with Gasteiger partial charge in [-0.05, 0) is 87.9 Å². The molecule has 0 radical (unpaired) electrons. The van der Waals surface area contributed by atoms with Crippen molar-refractivity contribution in [3.05, 3.63) is 48.0 Å². The van der Waals surface area contributed by atoms with Gasteiger partial charge in [0, 0.05) is 83.4 Å². The molecule has 0 saturated heterocycles. The number of imidazole rings is 1. The van der Waals surface area contributed by atoms with Crippen LogP contribution in [0.15, 0.2) is 41.8 Å². The van der Waals surface area contributed by atoms with E-state index in [2.05, 4.69) is 38.2 Å². The lowest BCUT2D eigenvalue weighted by atomic mass is 10.0. The van der Waals surface area contributed by atoms with E-state index in [1.165, 1.54) is 33.2 Å². The molecule has 3 atom stereocenters. The first-order chi connectivity index (χ1) is 45.5. The van der Waals surface area contributed by atoms with Gasteiger partial charge < -0.3 is 95.4 Å². The van der Waals surface area contributed by atoms with E-state index in [-0.39, 0.29) is 120 Å². The highest BCUT2D eigenvalue weighted by atomic mass is 32.1. The molecule has 568 valence electrons. The number of rotatable bonds is 34. The van der Waals surface area contributed by atoms with Gasteiger partial charge in [-0.15, -0.1) is 0 Å². The Labute approximate surface area is 557 Å². The topological polar surface area (TPSA) is 540 Å². The van der Waals surface area contributed by atoms with Crippen molar-refractivity contribution in [2.45, 2.75) is 132 Å². The maximum Gasteiger partial charge on any atom is 0.490 e. The summed E-state index contributed by atoms with van der Waals surface area (Å²) in [5.41, 5.74) is 35.4. The quantitative estimate of drug-likeness (QED) is 0.0156. The third-order valence-electron chi connectivity index (χ3n) is 11.7. The number of nitrogens with two attached hydrogens (primary N) is 6. The number of halogens is 15. The highest BCUT2D eigenvalue weighted by Crippen LogP contribution is 2.20. The molecule has 1 aromatic heterocycles. The number of hydrogen-bond acceptors (Lipinski definition) is 18. The molecule has 0 bridgehead atoms. The molecule has 21 N–H and O–H groups in total. The predicted octanol–water partition coefficient (Wildman–Crippen LogP) is 1.75. The van der Waals surface area contributed by atoms with Crippen LogP contribution in [0.4, 0.5) is 65.9 Å². The Morgan fingerprint density at radius 1 is 0.515 bits per heavy atom. The van der Waals surface area contributed by atoms with E-state index < -0.39 is 96.6 Å². The number of thiol groups is 1. The monoisotopic (exact) mass is 1490 g/mol. The summed E-state index contributed by atoms with van der Waals surface area (Å²) in [6.45, 7) is 0.992. The summed E-state index contributed by atoms with van der Waals surface area (Å²) in [5.74, 6) is -16.3. The fourth-order valence-corrected chi connectivity index (χ4v) is 7.37. The minimum atomic E-state index is -5.08. The highest BCUT2D eigenvalue weighted by Gasteiger charge is 2.41. The van der Waals surface area contributed by atoms with Gasteiger partial charge in [-0.25, -0.2) is 29.0 Å². The molecule has 0 aliphatic carbocycles. The number of carbonyl (C=O) groups is 11. The zero-order valence-electron chi connectivity index (χ0n) is 52.0. The minimum absolute atomic E-state index is 0.0303. The first-order valence-corrected chi connectivity index (χ1v) is 28.9. The number of unbranched alkanes of at least 4 members (excludes halogenated alkanes) is 3. The summed E-state index contributed by atoms with van der Waals surface area (Å²) in [6.07, 6.45) is -17.9. The van der Waals surface area contributed by atoms with E-state index in [0.29, 0.717) is 63.7 Å². The molecular weight excluding hydrogens is 1410 g/mol. The Balaban J connectivity index is -0.00000104. The number of hydrogen-bond donors (Lipinski definition) is 16. The van der Waals surface area contributed by atoms with Crippen molar-refractivity contribution in [1.29, 1.82) is 0 Å². The van der Waals surface area contributed by atoms with Crippen LogP contribution in [0.2, 0.25) is 0 Å². The summed E-state index contributed by atoms with van der Waals surface area (Å²) in [6, 6.07) is 3.46. The number of aliphatic carboxylic acids is 5. The van der Waals surface area contributed by atoms with Crippen molar-refractivity contribution in [1.82, 2.24) is 35.3 Å². The van der Waals surface area contributed by atoms with E-state index in [4.69, 9.17) is 83.9 Å². The SMILES string of the molecule is NCCCCCC(=O)N(CCNC(=O)[C@H](CCCN=C(N)N)N(CCN)C(=O)CCS)[C@@H](Cc1cnc[nH]1)C(=O)NCCN(C(=O)CCc1ccc(O)cc1)[C@@H](CCCCN)C(N)=O.O=C(O)C(F)(F)F.O=C(O)C(F)(F)F.O=C(O)C(F)(F)F.O=C(O)C(F)(F)F.O=C(O)C(F)(F)F. The van der Waals surface area contributed by atoms with Gasteiger partial charge >= 0.3 is 60.7 Å². The molecule has 1 heterocycles. The molecule has 47 heteroatoms. The number of benzene rings is 1. The van der Waals surface area contributed by atoms with Crippen LogP contribution in [-0.2, 0) is 65.6 Å². The van der Waals surface area contributed by atoms with Crippen LogP contribution >= 0.6 is 12.6 Å². The summed E-state index contributed by atoms with van der Waals surface area (Å²) >= 11 is 4.19. The van der Waals surface area contributed by atoms with Crippen LogP contribution in [0.25, 0.3) is 0 Å². The number of aromatic hydroxyl groups is 1. The van der Waals surface area contributed by atoms with Gasteiger partial charge in [0.15, 0.2) is 5.96 Å². The number of guanidine groups is 1. The molecule has 31 nitrogen and oxygen atoms in total. The van der Waals surface area contributed by atoms with Crippen molar-refractivity contribution in [3.63, 3.8) is 0 Å². The number of carboxylic acid groups (broad SMARTS) is 5. The number of aromatic nitrogens is 2. The number of aromatic amines is 1. The number of aliphatic imine (C=N–C) groups is 1. The van der Waals surface area contributed by atoms with Crippen LogP contribution in [0.3, 0.4) is 0 Å². The number of carbonyl (C=O) groups excluding carboxylic acids is 6. The zero-order chi connectivity index (χ0) is 77.7. The Morgan fingerprint density at radius 3 is 1.27 bits per heavy atom. The average molecular weight is 1490 g/mol. The number of amides is 6. The smallest absolute Gasteiger partial charge is 0.490 e. The molecule has 0 fully saturated rings. The van der Waals surface area contributed by atoms with Crippen molar-refractivity contribution in [2.75, 3.05) is 64.7 Å². The maximum atomic E-state index is 14.3. The molecule has 0 spiro atoms. The van der Waals surface area contributed by atoms with Crippen LogP contribution < -0.4 is 45.0 Å². The Morgan fingerprint density at radius 2 is 0.899 bits per heavy atom. The van der Waals surface area contributed by atoms with Crippen molar-refractivity contribution >= 4 is 83.9 Å². The third-order valence-corrected chi connectivity index (χ3v) is 11.9. The molecule has 0 aliphatic heterocycles. The first-order valence-electron chi connectivity index (χ1n) is 28.2. The lowest BCUT2D eigenvalue weighted by Crippen LogP contribution is -2.56. The average Bonchev–Trinajstić information content (AvgIpc) is 1.67. The van der Waals surface area contributed by atoms with E-state index in [1.54, 1.807) is 18.3 Å². The van der Waals surface area contributed by atoms with Crippen molar-refractivity contribution in [2.24, 2.45) is 39.4 Å². The number of nitrogens with one attached hydrogen (secondary N) is 3. The number of nitrogens with zero attached hydrogens (tertiary/aromatic N) is 5. The van der Waals surface area contributed by atoms with Gasteiger partial charge in [-0.1, -0.05) is 18.6 Å². The van der Waals surface area contributed by atoms with Crippen molar-refractivity contribution < 1.29 is 149 Å². The third kappa shape index (κ3) is 47.4. The number of aryl methyl sites for hydroxylation is 1. The molecule has 0 aliphatic rings. The number of phenols is 1. The molecule has 6 amide bonds. The van der Waals surface area contributed by atoms with Gasteiger partial charge in [-0.2, -0.15) is 78.5 Å². The van der Waals surface area contributed by atoms with Crippen molar-refractivity contribution in [3.8, 4) is 5.75 Å². The lowest BCUT2D eigenvalue weighted by Gasteiger charge is -2.33. The fraction of sp³-hybridized carbons (Fsp3) is 0.596. The second-order valence-electron chi connectivity index (χ2n) is 19.4. The van der Waals surface area contributed by atoms with E-state index in [0.717, 1.165) is 5.56 Å². The van der Waals surface area contributed by atoms with Gasteiger partial charge in [0.1, 0.15) is 23.9 Å². The molecule has 99 heavy (non-hydrogen) atoms. The van der Waals surface area contributed by atoms with Crippen LogP contribution in [0, 0.1) is 0 Å². The van der Waals surface area contributed by atoms with Crippen LogP contribution in [0.5, 0.6) is 5.75 Å². The number of alkyl halides is 15. The maximum absolute atomic E-state index is 14.3. The number of primary amides is 1. The molecular formula is C52H77F15N14O17S. The second-order valence-corrected chi connectivity index (χ2v) is 19.8. The lowest BCUT2D eigenvalue weighted by molar-refractivity contribution is -0.193. The van der Waals surface area contributed by atoms with Crippen LogP contribution in [-0.4, -0.2) is 240 Å². The summed E-state index contributed by atoms with van der Waals surface area (Å²) in [5, 5.41) is 51.1. The number of H-pyrrole nitrogens is 1. The predicted molar refractivity (Wildman–Crippen MR) is 317 cm³/mol. The molecule has 1 aromatic carbocycles. The highest BCUT2D eigenvalue weighted by molar-refractivity contribution is 7.80. The van der Waals surface area contributed by atoms with E-state index >= 15 is 0 Å². The fourth-order valence-electron chi connectivity index (χ4n) is 7.18. The first kappa shape index (κ1) is 96.2. The van der Waals surface area contributed by atoms with Gasteiger partial charge in [-0.3, -0.25) is 33.8 Å². The molecule has 2 rings (SSSR count). The van der Waals surface area contributed by atoms with Gasteiger partial charge in [0.2, 0.25) is 35.4 Å². The Hall–Kier alpha value is -9.15. The molecule has 0 saturated carbocycles. The molecule has 0 unspecified atom stereocenters. The summed E-state index contributed by atoms with van der Waals surface area (Å²) in [4.78, 5) is 142. The summed E-state index contributed by atoms with van der Waals surface area (Å²) < 4.78 is 159. The Bertz CT molecular complexity index is 2660. The number of carboxylic acids is 5. The largest absolute Gasteiger partial charge is 0.508 e. The van der Waals surface area contributed by atoms with Gasteiger partial charge in [0.05, 0.1) is 6.33 Å². The van der Waals surface area contributed by atoms with E-state index in [9.17, 15) is 99.7 Å². The number of phenolic OH excluding ortho intramolecular Hbond substituents is 1. The molecule has 2 aromatic rings. The van der Waals surface area contributed by atoms with Gasteiger partial charge in [0.25, 0.3) is 0 Å². The minimum Gasteiger partial charge on any atom is -0.508 e. The Kier molecular flexibility index (Phi) is 48.0. The van der Waals surface area contributed by atoms with E-state index in [1.807, 2.05) is 0 Å². The normalized spacial score (nSPS) is 12.0. The standard InChI is InChI=1S/C42H72N14O7S.5C2HF3O2/c43-17-4-1-2-9-36(58)56(25-22-50-40(62)34(8-6-20-52-42(47)48)54(23-19-45)38(60)16-26-64)35(27-31-28-49-29-53-31)41(63)51-21-24-55(33(39(46)61)7-3-5-18-44)37(59)15-12-30-10-13-32(57)14-11-30;5*3-2(4,5)1(6)7/h10-11,13-14,28-29,33-35,57,64H,1-9,12,15-27,43-45H2,(H2,46,61)(H,49,53)(H,50,62)(H,51,63)(H4,47,48,52);5*(H,6,7)/t33-,34-,35-;;;;;/m0...../s1. The summed E-state index contributed by atoms with van der Waals surface area (Å²) in [7, 11) is 0.